The molecule has 0 aromatic carbocycles. The van der Waals surface area contributed by atoms with Gasteiger partial charge in [-0.2, -0.15) is 0 Å². The van der Waals surface area contributed by atoms with Crippen molar-refractivity contribution in [2.24, 2.45) is 11.7 Å². The summed E-state index contributed by atoms with van der Waals surface area (Å²) < 4.78 is 6.01. The third-order valence-corrected chi connectivity index (χ3v) is 11.4. The number of unbranched alkanes of at least 4 members (excludes halogenated alkanes) is 25. The second kappa shape index (κ2) is 32.8. The van der Waals surface area contributed by atoms with Crippen molar-refractivity contribution in [1.82, 2.24) is 10.2 Å². The number of carboxylic acid groups (broad SMARTS) is 1. The number of carboxylic acids is 1. The second-order valence-corrected chi connectivity index (χ2v) is 16.3. The summed E-state index contributed by atoms with van der Waals surface area (Å²) in [5.41, 5.74) is 6.86. The maximum absolute atomic E-state index is 14.0. The van der Waals surface area contributed by atoms with Gasteiger partial charge in [-0.15, -0.1) is 0 Å². The van der Waals surface area contributed by atoms with E-state index in [2.05, 4.69) is 19.2 Å². The predicted octanol–water partition coefficient (Wildman–Crippen LogP) is 7.67. The Kier molecular flexibility index (Phi) is 30.4. The number of rotatable bonds is 37. The van der Waals surface area contributed by atoms with Gasteiger partial charge >= 0.3 is 5.97 Å². The topological polar surface area (TPSA) is 200 Å². The normalized spacial score (nSPS) is 20.9. The van der Waals surface area contributed by atoms with Crippen molar-refractivity contribution >= 4 is 23.6 Å². The first-order chi connectivity index (χ1) is 27.0. The number of amides is 2. The molecule has 1 fully saturated rings. The number of aliphatic hydroxyl groups is 3. The zero-order valence-electron chi connectivity index (χ0n) is 35.5. The van der Waals surface area contributed by atoms with Crippen LogP contribution in [0, 0.1) is 5.92 Å². The molecule has 0 unspecified atom stereocenters. The van der Waals surface area contributed by atoms with Gasteiger partial charge in [-0.1, -0.05) is 174 Å². The Labute approximate surface area is 339 Å². The van der Waals surface area contributed by atoms with Gasteiger partial charge in [0.2, 0.25) is 17.7 Å². The number of ether oxygens (including phenoxy) is 1. The molecule has 0 aliphatic carbocycles. The predicted molar refractivity (Wildman–Crippen MR) is 222 cm³/mol. The van der Waals surface area contributed by atoms with E-state index in [1.54, 1.807) is 0 Å². The van der Waals surface area contributed by atoms with Crippen LogP contribution in [0.1, 0.15) is 206 Å². The number of carbonyl (C=O) groups excluding carboxylic acids is 3. The molecule has 0 aromatic rings. The Bertz CT molecular complexity index is 1050. The van der Waals surface area contributed by atoms with Gasteiger partial charge in [-0.25, -0.2) is 0 Å². The minimum atomic E-state index is -2.20. The number of hydrogen-bond donors (Lipinski definition) is 6. The monoisotopic (exact) mass is 798 g/mol. The van der Waals surface area contributed by atoms with E-state index in [-0.39, 0.29) is 25.3 Å². The number of aliphatic carboxylic acids is 1. The van der Waals surface area contributed by atoms with Gasteiger partial charge < -0.3 is 35.4 Å². The van der Waals surface area contributed by atoms with Crippen molar-refractivity contribution in [2.75, 3.05) is 19.7 Å². The van der Waals surface area contributed by atoms with E-state index in [4.69, 9.17) is 15.6 Å². The summed E-state index contributed by atoms with van der Waals surface area (Å²) in [4.78, 5) is 52.1. The van der Waals surface area contributed by atoms with Crippen molar-refractivity contribution in [2.45, 2.75) is 231 Å². The Morgan fingerprint density at radius 3 is 1.43 bits per heavy atom. The van der Waals surface area contributed by atoms with Gasteiger partial charge in [0, 0.05) is 19.4 Å². The summed E-state index contributed by atoms with van der Waals surface area (Å²) in [7, 11) is 0. The second-order valence-electron chi connectivity index (χ2n) is 16.3. The van der Waals surface area contributed by atoms with Crippen molar-refractivity contribution in [3.63, 3.8) is 0 Å². The number of nitrogens with two attached hydrogens (primary N) is 1. The van der Waals surface area contributed by atoms with Gasteiger partial charge in [0.1, 0.15) is 18.1 Å². The maximum atomic E-state index is 14.0. The van der Waals surface area contributed by atoms with Crippen LogP contribution in [0.15, 0.2) is 0 Å². The van der Waals surface area contributed by atoms with Gasteiger partial charge in [-0.3, -0.25) is 24.9 Å². The molecule has 0 aromatic heterocycles. The molecule has 0 bridgehead atoms. The standard InChI is InChI=1S/C44H83N3O9/c1-3-5-7-9-11-13-15-16-17-18-19-21-23-25-27-29-33-47(39(51)30-28-26-24-22-20-14-12-10-8-6-4-2)44(45)41(43(55)42(54)37(35-48)56-44)36(49)34-46-38(50)31-32-40(52)53/h37,41-43,48,54-55H,3-35,45H2,1-2H3,(H,46,50)(H,52,53)/t37-,41-,42+,43-,44+/m1/s1. The fourth-order valence-electron chi connectivity index (χ4n) is 7.84. The average molecular weight is 798 g/mol. The molecule has 328 valence electrons. The summed E-state index contributed by atoms with van der Waals surface area (Å²) >= 11 is 0. The van der Waals surface area contributed by atoms with E-state index in [1.807, 2.05) is 0 Å². The highest BCUT2D eigenvalue weighted by Crippen LogP contribution is 2.36. The molecule has 0 saturated carbocycles. The first-order valence-corrected chi connectivity index (χ1v) is 22.8. The van der Waals surface area contributed by atoms with Crippen LogP contribution in [-0.2, 0) is 23.9 Å². The molecule has 12 nitrogen and oxygen atoms in total. The molecule has 7 N–H and O–H groups in total. The molecule has 1 heterocycles. The lowest BCUT2D eigenvalue weighted by molar-refractivity contribution is -0.291. The minimum absolute atomic E-state index is 0.154. The molecule has 1 aliphatic heterocycles. The van der Waals surface area contributed by atoms with Gasteiger partial charge in [-0.05, 0) is 12.8 Å². The van der Waals surface area contributed by atoms with Crippen molar-refractivity contribution in [3.05, 3.63) is 0 Å². The van der Waals surface area contributed by atoms with E-state index < -0.39 is 67.3 Å². The molecular weight excluding hydrogens is 714 g/mol. The van der Waals surface area contributed by atoms with Crippen LogP contribution in [0.4, 0.5) is 0 Å². The van der Waals surface area contributed by atoms with E-state index in [0.29, 0.717) is 12.8 Å². The summed E-state index contributed by atoms with van der Waals surface area (Å²) in [6, 6.07) is 0. The van der Waals surface area contributed by atoms with Crippen LogP contribution >= 0.6 is 0 Å². The van der Waals surface area contributed by atoms with Crippen LogP contribution in [0.3, 0.4) is 0 Å². The SMILES string of the molecule is CCCCCCCCCCCCCCCCCCN(C(=O)CCCCCCCCCCCCC)[C@]1(N)O[C@H](CO)[C@H](O)[C@H](O)[C@H]1C(=O)CNC(=O)CCC(=O)O. The molecular formula is C44H83N3O9. The fraction of sp³-hybridized carbons (Fsp3) is 0.909. The van der Waals surface area contributed by atoms with Gasteiger partial charge in [0.15, 0.2) is 5.78 Å². The van der Waals surface area contributed by atoms with Crippen molar-refractivity contribution in [3.8, 4) is 0 Å². The van der Waals surface area contributed by atoms with E-state index in [1.165, 1.54) is 120 Å². The number of aliphatic hydroxyl groups excluding tert-OH is 3. The molecule has 1 rings (SSSR count). The number of carbonyl (C=O) groups is 4. The number of nitrogens with zero attached hydrogens (tertiary/aromatic N) is 1. The van der Waals surface area contributed by atoms with Crippen LogP contribution in [0.25, 0.3) is 0 Å². The summed E-state index contributed by atoms with van der Waals surface area (Å²) in [6.45, 7) is 3.30. The van der Waals surface area contributed by atoms with Crippen LogP contribution in [0.5, 0.6) is 0 Å². The number of hydrogen-bond acceptors (Lipinski definition) is 9. The zero-order valence-corrected chi connectivity index (χ0v) is 35.5. The smallest absolute Gasteiger partial charge is 0.303 e. The highest BCUT2D eigenvalue weighted by atomic mass is 16.6. The van der Waals surface area contributed by atoms with Crippen molar-refractivity contribution in [1.29, 1.82) is 0 Å². The van der Waals surface area contributed by atoms with Crippen molar-refractivity contribution < 1.29 is 44.3 Å². The Balaban J connectivity index is 2.83. The maximum Gasteiger partial charge on any atom is 0.303 e. The third-order valence-electron chi connectivity index (χ3n) is 11.4. The number of ketones is 1. The highest BCUT2D eigenvalue weighted by molar-refractivity contribution is 5.90. The molecule has 56 heavy (non-hydrogen) atoms. The summed E-state index contributed by atoms with van der Waals surface area (Å²) in [6.07, 6.45) is 26.0. The summed E-state index contributed by atoms with van der Waals surface area (Å²) in [5.74, 6) is -6.79. The van der Waals surface area contributed by atoms with E-state index in [0.717, 1.165) is 44.9 Å². The molecule has 0 radical (unpaired) electrons. The zero-order chi connectivity index (χ0) is 41.4. The van der Waals surface area contributed by atoms with Crippen LogP contribution < -0.4 is 11.1 Å². The fourth-order valence-corrected chi connectivity index (χ4v) is 7.84. The lowest BCUT2D eigenvalue weighted by atomic mass is 9.82. The lowest BCUT2D eigenvalue weighted by Crippen LogP contribution is -2.75. The lowest BCUT2D eigenvalue weighted by Gasteiger charge is -2.52. The molecule has 2 amide bonds. The van der Waals surface area contributed by atoms with Gasteiger partial charge in [0.05, 0.1) is 25.7 Å². The molecule has 0 spiro atoms. The molecule has 1 aliphatic rings. The van der Waals surface area contributed by atoms with E-state index in [9.17, 15) is 34.5 Å². The molecule has 1 saturated heterocycles. The largest absolute Gasteiger partial charge is 0.481 e. The molecule has 5 atom stereocenters. The quantitative estimate of drug-likeness (QED) is 0.0268. The first-order valence-electron chi connectivity index (χ1n) is 22.8. The molecule has 12 heteroatoms. The van der Waals surface area contributed by atoms with Gasteiger partial charge in [0.25, 0.3) is 0 Å². The van der Waals surface area contributed by atoms with E-state index >= 15 is 0 Å². The van der Waals surface area contributed by atoms with Crippen LogP contribution in [0.2, 0.25) is 0 Å². The first kappa shape index (κ1) is 51.9. The Morgan fingerprint density at radius 1 is 0.607 bits per heavy atom. The number of nitrogens with one attached hydrogen (secondary N) is 1. The average Bonchev–Trinajstić information content (AvgIpc) is 3.17. The Hall–Kier alpha value is -2.12. The summed E-state index contributed by atoms with van der Waals surface area (Å²) in [5, 5.41) is 43.3. The number of Topliss-reactive ketones (excluding diaryl/α,β-unsaturated/α-hetero) is 1. The third kappa shape index (κ3) is 22.1. The minimum Gasteiger partial charge on any atom is -0.481 e. The van der Waals surface area contributed by atoms with Crippen LogP contribution in [-0.4, -0.2) is 92.8 Å². The highest BCUT2D eigenvalue weighted by Gasteiger charge is 2.58. The Morgan fingerprint density at radius 2 is 1.02 bits per heavy atom.